The van der Waals surface area contributed by atoms with Gasteiger partial charge < -0.3 is 9.84 Å². The first kappa shape index (κ1) is 15.9. The molecule has 2 aromatic carbocycles. The molecular formula is C18H16FN3O2. The van der Waals surface area contributed by atoms with Gasteiger partial charge in [0.2, 0.25) is 11.8 Å². The Morgan fingerprint density at radius 1 is 1.08 bits per heavy atom. The third-order valence-corrected chi connectivity index (χ3v) is 3.41. The highest BCUT2D eigenvalue weighted by Gasteiger charge is 2.09. The fourth-order valence-corrected chi connectivity index (χ4v) is 2.28. The van der Waals surface area contributed by atoms with E-state index >= 15 is 0 Å². The smallest absolute Gasteiger partial charge is 0.231 e. The molecule has 0 bridgehead atoms. The second kappa shape index (κ2) is 7.50. The number of hydrogen-bond donors (Lipinski definition) is 1. The van der Waals surface area contributed by atoms with E-state index in [-0.39, 0.29) is 24.7 Å². The Labute approximate surface area is 138 Å². The number of benzene rings is 2. The zero-order valence-corrected chi connectivity index (χ0v) is 12.9. The Morgan fingerprint density at radius 3 is 2.67 bits per heavy atom. The third kappa shape index (κ3) is 4.49. The van der Waals surface area contributed by atoms with Crippen LogP contribution in [0, 0.1) is 5.82 Å². The van der Waals surface area contributed by atoms with Crippen molar-refractivity contribution in [3.63, 3.8) is 0 Å². The summed E-state index contributed by atoms with van der Waals surface area (Å²) in [6.45, 7) is 0.173. The van der Waals surface area contributed by atoms with Crippen molar-refractivity contribution in [1.82, 2.24) is 15.5 Å². The zero-order chi connectivity index (χ0) is 16.8. The van der Waals surface area contributed by atoms with Crippen LogP contribution in [0.2, 0.25) is 0 Å². The number of nitrogens with zero attached hydrogens (tertiary/aromatic N) is 2. The highest BCUT2D eigenvalue weighted by Crippen LogP contribution is 2.07. The Hall–Kier alpha value is -3.02. The molecule has 0 saturated carbocycles. The topological polar surface area (TPSA) is 68.0 Å². The van der Waals surface area contributed by atoms with E-state index in [1.54, 1.807) is 12.1 Å². The molecule has 5 nitrogen and oxygen atoms in total. The van der Waals surface area contributed by atoms with Gasteiger partial charge in [0, 0.05) is 0 Å². The van der Waals surface area contributed by atoms with Gasteiger partial charge in [-0.15, -0.1) is 0 Å². The summed E-state index contributed by atoms with van der Waals surface area (Å²) in [5, 5.41) is 6.54. The van der Waals surface area contributed by atoms with Crippen LogP contribution in [0.4, 0.5) is 4.39 Å². The van der Waals surface area contributed by atoms with Crippen LogP contribution in [0.15, 0.2) is 59.1 Å². The van der Waals surface area contributed by atoms with Crippen LogP contribution in [0.5, 0.6) is 0 Å². The van der Waals surface area contributed by atoms with Crippen molar-refractivity contribution < 1.29 is 13.7 Å². The lowest BCUT2D eigenvalue weighted by molar-refractivity contribution is -0.120. The van der Waals surface area contributed by atoms with Crippen molar-refractivity contribution in [1.29, 1.82) is 0 Å². The van der Waals surface area contributed by atoms with Gasteiger partial charge in [-0.05, 0) is 23.3 Å². The maximum absolute atomic E-state index is 13.1. The molecule has 0 unspecified atom stereocenters. The summed E-state index contributed by atoms with van der Waals surface area (Å²) in [5.74, 6) is 0.322. The summed E-state index contributed by atoms with van der Waals surface area (Å²) in [5.41, 5.74) is 1.69. The highest BCUT2D eigenvalue weighted by molar-refractivity contribution is 5.78. The van der Waals surface area contributed by atoms with Crippen molar-refractivity contribution >= 4 is 5.91 Å². The molecule has 122 valence electrons. The summed E-state index contributed by atoms with van der Waals surface area (Å²) in [4.78, 5) is 16.1. The molecule has 0 atom stereocenters. The van der Waals surface area contributed by atoms with Gasteiger partial charge in [-0.2, -0.15) is 4.98 Å². The second-order valence-corrected chi connectivity index (χ2v) is 5.35. The van der Waals surface area contributed by atoms with Crippen molar-refractivity contribution in [3.8, 4) is 0 Å². The molecule has 24 heavy (non-hydrogen) atoms. The van der Waals surface area contributed by atoms with Crippen molar-refractivity contribution in [2.75, 3.05) is 0 Å². The normalized spacial score (nSPS) is 10.5. The number of halogens is 1. The van der Waals surface area contributed by atoms with Crippen LogP contribution in [-0.4, -0.2) is 16.0 Å². The maximum Gasteiger partial charge on any atom is 0.231 e. The molecule has 1 amide bonds. The van der Waals surface area contributed by atoms with Gasteiger partial charge >= 0.3 is 0 Å². The Bertz CT molecular complexity index is 818. The van der Waals surface area contributed by atoms with Crippen LogP contribution in [0.3, 0.4) is 0 Å². The molecule has 0 aliphatic rings. The molecule has 3 rings (SSSR count). The fraction of sp³-hybridized carbons (Fsp3) is 0.167. The molecule has 0 spiro atoms. The summed E-state index contributed by atoms with van der Waals surface area (Å²) in [7, 11) is 0. The predicted molar refractivity (Wildman–Crippen MR) is 85.5 cm³/mol. The fourth-order valence-electron chi connectivity index (χ4n) is 2.28. The summed E-state index contributed by atoms with van der Waals surface area (Å²) < 4.78 is 18.3. The number of nitrogens with one attached hydrogen (secondary N) is 1. The number of hydrogen-bond acceptors (Lipinski definition) is 4. The number of carbonyl (C=O) groups is 1. The van der Waals surface area contributed by atoms with Gasteiger partial charge in [-0.1, -0.05) is 47.6 Å². The van der Waals surface area contributed by atoms with Gasteiger partial charge in [-0.3, -0.25) is 4.79 Å². The number of amides is 1. The Morgan fingerprint density at radius 2 is 1.88 bits per heavy atom. The first-order valence-electron chi connectivity index (χ1n) is 7.55. The lowest BCUT2D eigenvalue weighted by Crippen LogP contribution is -2.25. The maximum atomic E-state index is 13.1. The molecule has 0 aliphatic heterocycles. The van der Waals surface area contributed by atoms with Gasteiger partial charge in [0.05, 0.1) is 19.4 Å². The SMILES string of the molecule is O=C(Cc1cccc(F)c1)NCc1noc(Cc2ccccc2)n1. The van der Waals surface area contributed by atoms with E-state index in [0.717, 1.165) is 5.56 Å². The molecule has 1 heterocycles. The zero-order valence-electron chi connectivity index (χ0n) is 12.9. The monoisotopic (exact) mass is 325 g/mol. The third-order valence-electron chi connectivity index (χ3n) is 3.41. The molecule has 0 radical (unpaired) electrons. The number of carbonyl (C=O) groups excluding carboxylic acids is 1. The standard InChI is InChI=1S/C18H16FN3O2/c19-15-8-4-7-14(9-15)10-17(23)20-12-16-21-18(24-22-16)11-13-5-2-1-3-6-13/h1-9H,10-12H2,(H,20,23). The summed E-state index contributed by atoms with van der Waals surface area (Å²) in [6.07, 6.45) is 0.650. The average molecular weight is 325 g/mol. The van der Waals surface area contributed by atoms with E-state index in [4.69, 9.17) is 4.52 Å². The van der Waals surface area contributed by atoms with Gasteiger partial charge in [0.1, 0.15) is 5.82 Å². The van der Waals surface area contributed by atoms with Crippen LogP contribution < -0.4 is 5.32 Å². The largest absolute Gasteiger partial charge is 0.348 e. The van der Waals surface area contributed by atoms with E-state index in [9.17, 15) is 9.18 Å². The van der Waals surface area contributed by atoms with Crippen molar-refractivity contribution in [3.05, 3.63) is 83.3 Å². The highest BCUT2D eigenvalue weighted by atomic mass is 19.1. The minimum atomic E-state index is -0.357. The van der Waals surface area contributed by atoms with Crippen LogP contribution >= 0.6 is 0 Å². The van der Waals surface area contributed by atoms with Gasteiger partial charge in [0.25, 0.3) is 0 Å². The van der Waals surface area contributed by atoms with Crippen molar-refractivity contribution in [2.24, 2.45) is 0 Å². The second-order valence-electron chi connectivity index (χ2n) is 5.35. The molecular weight excluding hydrogens is 309 g/mol. The Kier molecular flexibility index (Phi) is 4.96. The minimum Gasteiger partial charge on any atom is -0.348 e. The first-order chi connectivity index (χ1) is 11.7. The molecule has 3 aromatic rings. The molecule has 6 heteroatoms. The molecule has 0 saturated heterocycles. The van der Waals surface area contributed by atoms with E-state index in [1.165, 1.54) is 12.1 Å². The van der Waals surface area contributed by atoms with E-state index in [1.807, 2.05) is 30.3 Å². The quantitative estimate of drug-likeness (QED) is 0.756. The molecule has 0 aliphatic carbocycles. The lowest BCUT2D eigenvalue weighted by atomic mass is 10.1. The molecule has 0 fully saturated rings. The van der Waals surface area contributed by atoms with E-state index in [2.05, 4.69) is 15.5 Å². The van der Waals surface area contributed by atoms with Gasteiger partial charge in [0.15, 0.2) is 5.82 Å². The van der Waals surface area contributed by atoms with Crippen LogP contribution in [0.1, 0.15) is 22.8 Å². The number of aromatic nitrogens is 2. The van der Waals surface area contributed by atoms with Crippen LogP contribution in [0.25, 0.3) is 0 Å². The average Bonchev–Trinajstić information content (AvgIpc) is 3.01. The summed E-state index contributed by atoms with van der Waals surface area (Å²) in [6, 6.07) is 15.7. The predicted octanol–water partition coefficient (Wildman–Crippen LogP) is 2.66. The van der Waals surface area contributed by atoms with Gasteiger partial charge in [-0.25, -0.2) is 4.39 Å². The number of rotatable bonds is 6. The minimum absolute atomic E-state index is 0.104. The molecule has 1 aromatic heterocycles. The first-order valence-corrected chi connectivity index (χ1v) is 7.55. The Balaban J connectivity index is 1.51. The van der Waals surface area contributed by atoms with E-state index in [0.29, 0.717) is 23.7 Å². The van der Waals surface area contributed by atoms with Crippen molar-refractivity contribution in [2.45, 2.75) is 19.4 Å². The summed E-state index contributed by atoms with van der Waals surface area (Å²) >= 11 is 0. The lowest BCUT2D eigenvalue weighted by Gasteiger charge is -2.02. The van der Waals surface area contributed by atoms with E-state index < -0.39 is 0 Å². The van der Waals surface area contributed by atoms with Crippen LogP contribution in [-0.2, 0) is 24.2 Å². The molecule has 1 N–H and O–H groups in total.